The summed E-state index contributed by atoms with van der Waals surface area (Å²) in [7, 11) is 0. The van der Waals surface area contributed by atoms with Crippen LogP contribution in [0.2, 0.25) is 0 Å². The number of nitrogens with one attached hydrogen (secondary N) is 1. The third kappa shape index (κ3) is 3.98. The van der Waals surface area contributed by atoms with Crippen molar-refractivity contribution in [1.82, 2.24) is 4.98 Å². The molecule has 1 amide bonds. The number of benzene rings is 1. The van der Waals surface area contributed by atoms with E-state index in [-0.39, 0.29) is 5.57 Å². The Morgan fingerprint density at radius 3 is 2.71 bits per heavy atom. The molecule has 3 rings (SSSR count). The van der Waals surface area contributed by atoms with Crippen LogP contribution >= 0.6 is 11.3 Å². The molecule has 7 heteroatoms. The van der Waals surface area contributed by atoms with E-state index in [1.807, 2.05) is 30.3 Å². The molecule has 1 aliphatic heterocycles. The number of anilines is 2. The van der Waals surface area contributed by atoms with Crippen LogP contribution in [0.1, 0.15) is 5.56 Å². The van der Waals surface area contributed by atoms with E-state index >= 15 is 0 Å². The van der Waals surface area contributed by atoms with Crippen LogP contribution in [0, 0.1) is 11.3 Å². The van der Waals surface area contributed by atoms with Crippen molar-refractivity contribution in [2.75, 3.05) is 36.5 Å². The van der Waals surface area contributed by atoms with Crippen molar-refractivity contribution in [2.45, 2.75) is 0 Å². The molecule has 0 aliphatic carbocycles. The molecule has 0 bridgehead atoms. The normalized spacial score (nSPS) is 15.0. The van der Waals surface area contributed by atoms with Crippen LogP contribution in [-0.4, -0.2) is 37.2 Å². The molecule has 1 aromatic heterocycles. The molecule has 0 radical (unpaired) electrons. The van der Waals surface area contributed by atoms with Crippen molar-refractivity contribution in [2.24, 2.45) is 0 Å². The van der Waals surface area contributed by atoms with Crippen LogP contribution in [0.25, 0.3) is 6.08 Å². The Balaban J connectivity index is 1.71. The largest absolute Gasteiger partial charge is 0.378 e. The van der Waals surface area contributed by atoms with E-state index < -0.39 is 5.91 Å². The van der Waals surface area contributed by atoms with E-state index in [1.54, 1.807) is 17.7 Å². The number of rotatable bonds is 4. The van der Waals surface area contributed by atoms with Gasteiger partial charge in [0, 0.05) is 30.4 Å². The lowest BCUT2D eigenvalue weighted by atomic mass is 10.1. The van der Waals surface area contributed by atoms with E-state index in [0.29, 0.717) is 5.13 Å². The first-order chi connectivity index (χ1) is 11.8. The summed E-state index contributed by atoms with van der Waals surface area (Å²) in [5, 5.41) is 14.1. The third-order valence-corrected chi connectivity index (χ3v) is 4.29. The van der Waals surface area contributed by atoms with Crippen molar-refractivity contribution in [1.29, 1.82) is 5.26 Å². The number of carbonyl (C=O) groups excluding carboxylic acids is 1. The zero-order valence-corrected chi connectivity index (χ0v) is 13.8. The lowest BCUT2D eigenvalue weighted by Gasteiger charge is -2.28. The van der Waals surface area contributed by atoms with Gasteiger partial charge in [0.25, 0.3) is 5.91 Å². The summed E-state index contributed by atoms with van der Waals surface area (Å²) >= 11 is 1.31. The van der Waals surface area contributed by atoms with E-state index in [1.165, 1.54) is 11.3 Å². The molecule has 0 unspecified atom stereocenters. The van der Waals surface area contributed by atoms with Crippen LogP contribution in [0.5, 0.6) is 0 Å². The van der Waals surface area contributed by atoms with Crippen molar-refractivity contribution in [3.8, 4) is 6.07 Å². The Kier molecular flexibility index (Phi) is 5.21. The van der Waals surface area contributed by atoms with Gasteiger partial charge in [0.15, 0.2) is 5.13 Å². The van der Waals surface area contributed by atoms with Crippen LogP contribution in [0.15, 0.2) is 41.4 Å². The predicted octanol–water partition coefficient (Wildman–Crippen LogP) is 2.53. The fourth-order valence-corrected chi connectivity index (χ4v) is 2.89. The van der Waals surface area contributed by atoms with E-state index in [2.05, 4.69) is 15.2 Å². The minimum absolute atomic E-state index is 0.0457. The van der Waals surface area contributed by atoms with Gasteiger partial charge in [-0.05, 0) is 23.8 Å². The molecule has 0 atom stereocenters. The molecule has 122 valence electrons. The first-order valence-corrected chi connectivity index (χ1v) is 8.39. The molecule has 0 spiro atoms. The summed E-state index contributed by atoms with van der Waals surface area (Å²) in [6.45, 7) is 3.21. The Labute approximate surface area is 144 Å². The smallest absolute Gasteiger partial charge is 0.268 e. The van der Waals surface area contributed by atoms with Gasteiger partial charge < -0.3 is 9.64 Å². The Morgan fingerprint density at radius 1 is 1.33 bits per heavy atom. The Hall–Kier alpha value is -2.69. The lowest BCUT2D eigenvalue weighted by molar-refractivity contribution is -0.112. The van der Waals surface area contributed by atoms with Gasteiger partial charge in [0.2, 0.25) is 0 Å². The highest BCUT2D eigenvalue weighted by Gasteiger charge is 2.12. The topological polar surface area (TPSA) is 78.2 Å². The van der Waals surface area contributed by atoms with Crippen LogP contribution in [-0.2, 0) is 9.53 Å². The molecule has 1 N–H and O–H groups in total. The third-order valence-electron chi connectivity index (χ3n) is 3.60. The van der Waals surface area contributed by atoms with Gasteiger partial charge in [-0.1, -0.05) is 12.1 Å². The summed E-state index contributed by atoms with van der Waals surface area (Å²) in [5.41, 5.74) is 1.96. The van der Waals surface area contributed by atoms with Gasteiger partial charge in [-0.25, -0.2) is 4.98 Å². The molecule has 0 saturated carbocycles. The van der Waals surface area contributed by atoms with Gasteiger partial charge in [0.05, 0.1) is 13.2 Å². The van der Waals surface area contributed by atoms with Crippen LogP contribution in [0.4, 0.5) is 10.8 Å². The van der Waals surface area contributed by atoms with Crippen molar-refractivity contribution >= 4 is 34.1 Å². The van der Waals surface area contributed by atoms with Crippen LogP contribution < -0.4 is 10.2 Å². The summed E-state index contributed by atoms with van der Waals surface area (Å²) in [4.78, 5) is 18.3. The summed E-state index contributed by atoms with van der Waals surface area (Å²) in [5.74, 6) is -0.454. The summed E-state index contributed by atoms with van der Waals surface area (Å²) < 4.78 is 5.35. The SMILES string of the molecule is N#CC(=Cc1ccc(N2CCOCC2)cc1)C(=O)Nc1nccs1. The van der Waals surface area contributed by atoms with Gasteiger partial charge in [-0.2, -0.15) is 5.26 Å². The number of nitriles is 1. The molecule has 2 aromatic rings. The summed E-state index contributed by atoms with van der Waals surface area (Å²) in [6.07, 6.45) is 3.17. The average molecular weight is 340 g/mol. The number of hydrogen-bond donors (Lipinski definition) is 1. The Morgan fingerprint density at radius 2 is 2.08 bits per heavy atom. The second-order valence-corrected chi connectivity index (χ2v) is 6.05. The highest BCUT2D eigenvalue weighted by molar-refractivity contribution is 7.13. The lowest BCUT2D eigenvalue weighted by Crippen LogP contribution is -2.36. The molecule has 1 fully saturated rings. The van der Waals surface area contributed by atoms with Crippen molar-refractivity contribution in [3.63, 3.8) is 0 Å². The monoisotopic (exact) mass is 340 g/mol. The first-order valence-electron chi connectivity index (χ1n) is 7.51. The van der Waals surface area contributed by atoms with E-state index in [4.69, 9.17) is 4.74 Å². The zero-order valence-electron chi connectivity index (χ0n) is 12.9. The number of carbonyl (C=O) groups is 1. The molecular weight excluding hydrogens is 324 g/mol. The quantitative estimate of drug-likeness (QED) is 0.683. The molecule has 1 aliphatic rings. The van der Waals surface area contributed by atoms with Crippen molar-refractivity contribution in [3.05, 3.63) is 47.0 Å². The number of hydrogen-bond acceptors (Lipinski definition) is 6. The van der Waals surface area contributed by atoms with Crippen LogP contribution in [0.3, 0.4) is 0 Å². The minimum atomic E-state index is -0.454. The number of amides is 1. The van der Waals surface area contributed by atoms with Crippen molar-refractivity contribution < 1.29 is 9.53 Å². The van der Waals surface area contributed by atoms with Gasteiger partial charge in [-0.3, -0.25) is 10.1 Å². The Bertz CT molecular complexity index is 757. The zero-order chi connectivity index (χ0) is 16.8. The fourth-order valence-electron chi connectivity index (χ4n) is 2.37. The molecule has 1 aromatic carbocycles. The van der Waals surface area contributed by atoms with E-state index in [0.717, 1.165) is 37.6 Å². The number of nitrogens with zero attached hydrogens (tertiary/aromatic N) is 3. The highest BCUT2D eigenvalue weighted by atomic mass is 32.1. The highest BCUT2D eigenvalue weighted by Crippen LogP contribution is 2.19. The predicted molar refractivity (Wildman–Crippen MR) is 93.8 cm³/mol. The maximum atomic E-state index is 12.1. The molecule has 6 nitrogen and oxygen atoms in total. The standard InChI is InChI=1S/C17H16N4O2S/c18-12-14(16(22)20-17-19-5-10-24-17)11-13-1-3-15(4-2-13)21-6-8-23-9-7-21/h1-5,10-11H,6-9H2,(H,19,20,22). The number of ether oxygens (including phenoxy) is 1. The minimum Gasteiger partial charge on any atom is -0.378 e. The number of morpholine rings is 1. The van der Waals surface area contributed by atoms with Gasteiger partial charge >= 0.3 is 0 Å². The number of thiazole rings is 1. The molecule has 1 saturated heterocycles. The first kappa shape index (κ1) is 16.2. The average Bonchev–Trinajstić information content (AvgIpc) is 3.14. The molecule has 2 heterocycles. The second kappa shape index (κ2) is 7.73. The fraction of sp³-hybridized carbons (Fsp3) is 0.235. The van der Waals surface area contributed by atoms with Gasteiger partial charge in [0.1, 0.15) is 11.6 Å². The molecular formula is C17H16N4O2S. The maximum Gasteiger partial charge on any atom is 0.268 e. The number of aromatic nitrogens is 1. The molecule has 24 heavy (non-hydrogen) atoms. The maximum absolute atomic E-state index is 12.1. The van der Waals surface area contributed by atoms with E-state index in [9.17, 15) is 10.1 Å². The summed E-state index contributed by atoms with van der Waals surface area (Å²) in [6, 6.07) is 9.72. The van der Waals surface area contributed by atoms with Gasteiger partial charge in [-0.15, -0.1) is 11.3 Å². The second-order valence-electron chi connectivity index (χ2n) is 5.15.